The van der Waals surface area contributed by atoms with Gasteiger partial charge in [0.25, 0.3) is 0 Å². The molecule has 5 nitrogen and oxygen atoms in total. The first-order valence-corrected chi connectivity index (χ1v) is 6.98. The van der Waals surface area contributed by atoms with E-state index in [0.29, 0.717) is 21.3 Å². The summed E-state index contributed by atoms with van der Waals surface area (Å²) in [7, 11) is 1.80. The van der Waals surface area contributed by atoms with Gasteiger partial charge in [0.15, 0.2) is 10.4 Å². The minimum Gasteiger partial charge on any atom is -0.245 e. The van der Waals surface area contributed by atoms with Crippen LogP contribution in [0.5, 0.6) is 0 Å². The standard InChI is InChI=1S/C13H9BrClN5/c1-20-11(12(14)18-19-20)9-7-10(15)17-13(16-9)8-5-3-2-4-6-8/h2-7H,1H3. The summed E-state index contributed by atoms with van der Waals surface area (Å²) in [6.07, 6.45) is 0. The van der Waals surface area contributed by atoms with Crippen LogP contribution in [0.4, 0.5) is 0 Å². The second-order valence-corrected chi connectivity index (χ2v) is 5.26. The van der Waals surface area contributed by atoms with E-state index in [4.69, 9.17) is 11.6 Å². The Morgan fingerprint density at radius 3 is 2.55 bits per heavy atom. The number of nitrogens with zero attached hydrogens (tertiary/aromatic N) is 5. The summed E-state index contributed by atoms with van der Waals surface area (Å²) in [5.41, 5.74) is 2.33. The second kappa shape index (κ2) is 5.30. The van der Waals surface area contributed by atoms with Gasteiger partial charge in [-0.05, 0) is 15.9 Å². The minimum atomic E-state index is 0.377. The van der Waals surface area contributed by atoms with Crippen LogP contribution in [-0.2, 0) is 7.05 Å². The van der Waals surface area contributed by atoms with Crippen LogP contribution in [0.25, 0.3) is 22.8 Å². The van der Waals surface area contributed by atoms with Crippen LogP contribution < -0.4 is 0 Å². The third kappa shape index (κ3) is 2.44. The molecule has 0 radical (unpaired) electrons. The molecule has 0 saturated carbocycles. The van der Waals surface area contributed by atoms with Crippen LogP contribution >= 0.6 is 27.5 Å². The van der Waals surface area contributed by atoms with Crippen LogP contribution in [0.3, 0.4) is 0 Å². The number of aryl methyl sites for hydroxylation is 1. The Morgan fingerprint density at radius 2 is 1.90 bits per heavy atom. The van der Waals surface area contributed by atoms with Crippen molar-refractivity contribution in [2.75, 3.05) is 0 Å². The van der Waals surface area contributed by atoms with Crippen molar-refractivity contribution in [3.05, 3.63) is 46.2 Å². The Morgan fingerprint density at radius 1 is 1.15 bits per heavy atom. The van der Waals surface area contributed by atoms with E-state index in [-0.39, 0.29) is 0 Å². The first kappa shape index (κ1) is 13.2. The molecule has 0 N–H and O–H groups in total. The maximum absolute atomic E-state index is 6.10. The van der Waals surface area contributed by atoms with Gasteiger partial charge in [0.05, 0.1) is 5.69 Å². The van der Waals surface area contributed by atoms with E-state index < -0.39 is 0 Å². The summed E-state index contributed by atoms with van der Waals surface area (Å²) in [5, 5.41) is 8.27. The van der Waals surface area contributed by atoms with Crippen molar-refractivity contribution in [1.82, 2.24) is 25.0 Å². The van der Waals surface area contributed by atoms with Gasteiger partial charge >= 0.3 is 0 Å². The van der Waals surface area contributed by atoms with E-state index in [2.05, 4.69) is 36.2 Å². The van der Waals surface area contributed by atoms with E-state index >= 15 is 0 Å². The smallest absolute Gasteiger partial charge is 0.161 e. The molecule has 0 aliphatic carbocycles. The number of benzene rings is 1. The first-order chi connectivity index (χ1) is 9.65. The number of aromatic nitrogens is 5. The minimum absolute atomic E-state index is 0.377. The zero-order chi connectivity index (χ0) is 14.1. The molecule has 0 atom stereocenters. The molecule has 0 unspecified atom stereocenters. The lowest BCUT2D eigenvalue weighted by atomic mass is 10.2. The lowest BCUT2D eigenvalue weighted by Crippen LogP contribution is -1.98. The molecule has 2 heterocycles. The molecule has 7 heteroatoms. The predicted molar refractivity (Wildman–Crippen MR) is 80.2 cm³/mol. The molecule has 0 bridgehead atoms. The van der Waals surface area contributed by atoms with E-state index in [0.717, 1.165) is 11.3 Å². The Labute approximate surface area is 128 Å². The fourth-order valence-electron chi connectivity index (χ4n) is 1.86. The van der Waals surface area contributed by atoms with Gasteiger partial charge in [-0.2, -0.15) is 0 Å². The quantitative estimate of drug-likeness (QED) is 0.665. The molecular formula is C13H9BrClN5. The van der Waals surface area contributed by atoms with E-state index in [1.165, 1.54) is 0 Å². The average Bonchev–Trinajstić information content (AvgIpc) is 2.78. The maximum atomic E-state index is 6.10. The van der Waals surface area contributed by atoms with Crippen molar-refractivity contribution >= 4 is 27.5 Å². The van der Waals surface area contributed by atoms with Crippen LogP contribution in [-0.4, -0.2) is 25.0 Å². The summed E-state index contributed by atoms with van der Waals surface area (Å²) in [6, 6.07) is 11.4. The molecule has 3 rings (SSSR count). The van der Waals surface area contributed by atoms with Crippen molar-refractivity contribution in [3.8, 4) is 22.8 Å². The molecule has 0 spiro atoms. The van der Waals surface area contributed by atoms with Crippen LogP contribution in [0.2, 0.25) is 5.15 Å². The molecular weight excluding hydrogens is 342 g/mol. The Bertz CT molecular complexity index is 737. The lowest BCUT2D eigenvalue weighted by molar-refractivity contribution is 0.718. The SMILES string of the molecule is Cn1nnc(Br)c1-c1cc(Cl)nc(-c2ccccc2)n1. The topological polar surface area (TPSA) is 56.5 Å². The van der Waals surface area contributed by atoms with Crippen LogP contribution in [0, 0.1) is 0 Å². The molecule has 3 aromatic rings. The van der Waals surface area contributed by atoms with Gasteiger partial charge in [0, 0.05) is 18.7 Å². The van der Waals surface area contributed by atoms with Crippen LogP contribution in [0.15, 0.2) is 41.0 Å². The number of hydrogen-bond donors (Lipinski definition) is 0. The summed E-state index contributed by atoms with van der Waals surface area (Å²) < 4.78 is 2.26. The van der Waals surface area contributed by atoms with Gasteiger partial charge in [-0.1, -0.05) is 47.1 Å². The molecule has 20 heavy (non-hydrogen) atoms. The Hall–Kier alpha value is -1.79. The zero-order valence-corrected chi connectivity index (χ0v) is 12.8. The highest BCUT2D eigenvalue weighted by molar-refractivity contribution is 9.10. The first-order valence-electron chi connectivity index (χ1n) is 5.80. The highest BCUT2D eigenvalue weighted by atomic mass is 79.9. The summed E-state index contributed by atoms with van der Waals surface area (Å²) in [5.74, 6) is 0.571. The highest BCUT2D eigenvalue weighted by Gasteiger charge is 2.15. The Balaban J connectivity index is 2.17. The molecule has 0 saturated heterocycles. The van der Waals surface area contributed by atoms with Crippen molar-refractivity contribution in [1.29, 1.82) is 0 Å². The number of rotatable bonds is 2. The van der Waals surface area contributed by atoms with Gasteiger partial charge in [0.1, 0.15) is 10.8 Å². The van der Waals surface area contributed by atoms with Gasteiger partial charge in [-0.25, -0.2) is 14.6 Å². The lowest BCUT2D eigenvalue weighted by Gasteiger charge is -2.05. The van der Waals surface area contributed by atoms with Gasteiger partial charge < -0.3 is 0 Å². The molecule has 0 amide bonds. The molecule has 2 aromatic heterocycles. The largest absolute Gasteiger partial charge is 0.245 e. The van der Waals surface area contributed by atoms with Crippen molar-refractivity contribution in [2.24, 2.45) is 7.05 Å². The number of hydrogen-bond acceptors (Lipinski definition) is 4. The predicted octanol–water partition coefficient (Wildman–Crippen LogP) is 3.36. The van der Waals surface area contributed by atoms with Crippen molar-refractivity contribution in [3.63, 3.8) is 0 Å². The highest BCUT2D eigenvalue weighted by Crippen LogP contribution is 2.27. The zero-order valence-electron chi connectivity index (χ0n) is 10.5. The number of halogens is 2. The van der Waals surface area contributed by atoms with E-state index in [9.17, 15) is 0 Å². The van der Waals surface area contributed by atoms with Crippen molar-refractivity contribution in [2.45, 2.75) is 0 Å². The average molecular weight is 351 g/mol. The fourth-order valence-corrected chi connectivity index (χ4v) is 2.57. The van der Waals surface area contributed by atoms with Gasteiger partial charge in [-0.15, -0.1) is 5.10 Å². The fraction of sp³-hybridized carbons (Fsp3) is 0.0769. The van der Waals surface area contributed by atoms with Gasteiger partial charge in [0.2, 0.25) is 0 Å². The second-order valence-electron chi connectivity index (χ2n) is 4.12. The van der Waals surface area contributed by atoms with Crippen LogP contribution in [0.1, 0.15) is 0 Å². The van der Waals surface area contributed by atoms with Crippen molar-refractivity contribution < 1.29 is 0 Å². The third-order valence-corrected chi connectivity index (χ3v) is 3.48. The van der Waals surface area contributed by atoms with E-state index in [1.807, 2.05) is 30.3 Å². The van der Waals surface area contributed by atoms with E-state index in [1.54, 1.807) is 17.8 Å². The summed E-state index contributed by atoms with van der Waals surface area (Å²) in [6.45, 7) is 0. The molecule has 100 valence electrons. The molecule has 0 fully saturated rings. The maximum Gasteiger partial charge on any atom is 0.161 e. The third-order valence-electron chi connectivity index (χ3n) is 2.76. The monoisotopic (exact) mass is 349 g/mol. The molecule has 0 aliphatic heterocycles. The molecule has 1 aromatic carbocycles. The summed E-state index contributed by atoms with van der Waals surface area (Å²) in [4.78, 5) is 8.80. The summed E-state index contributed by atoms with van der Waals surface area (Å²) >= 11 is 9.47. The Kier molecular flexibility index (Phi) is 3.50. The normalized spacial score (nSPS) is 10.8. The van der Waals surface area contributed by atoms with Gasteiger partial charge in [-0.3, -0.25) is 0 Å². The molecule has 0 aliphatic rings.